The molecule has 1 aromatic rings. The van der Waals surface area contributed by atoms with Gasteiger partial charge in [-0.3, -0.25) is 0 Å². The zero-order chi connectivity index (χ0) is 9.68. The number of rotatable bonds is 4. The molecule has 0 aliphatic carbocycles. The lowest BCUT2D eigenvalue weighted by Gasteiger charge is -2.05. The van der Waals surface area contributed by atoms with Crippen molar-refractivity contribution in [1.29, 1.82) is 0 Å². The first-order valence-corrected chi connectivity index (χ1v) is 4.23. The highest BCUT2D eigenvalue weighted by molar-refractivity contribution is 5.28. The fourth-order valence-electron chi connectivity index (χ4n) is 1.04. The molecule has 0 bridgehead atoms. The Labute approximate surface area is 77.0 Å². The minimum absolute atomic E-state index is 0.0916. The summed E-state index contributed by atoms with van der Waals surface area (Å²) in [6, 6.07) is 4.55. The van der Waals surface area contributed by atoms with Gasteiger partial charge in [-0.05, 0) is 24.6 Å². The van der Waals surface area contributed by atoms with Gasteiger partial charge in [-0.2, -0.15) is 0 Å². The van der Waals surface area contributed by atoms with Crippen molar-refractivity contribution in [1.82, 2.24) is 0 Å². The van der Waals surface area contributed by atoms with Crippen molar-refractivity contribution in [3.8, 4) is 5.75 Å². The first kappa shape index (κ1) is 9.99. The number of aliphatic hydroxyl groups excluding tert-OH is 1. The van der Waals surface area contributed by atoms with Crippen LogP contribution in [0.15, 0.2) is 18.2 Å². The van der Waals surface area contributed by atoms with Crippen molar-refractivity contribution in [3.63, 3.8) is 0 Å². The Morgan fingerprint density at radius 3 is 2.77 bits per heavy atom. The summed E-state index contributed by atoms with van der Waals surface area (Å²) < 4.78 is 18.0. The molecule has 1 rings (SSSR count). The van der Waals surface area contributed by atoms with Gasteiger partial charge in [0, 0.05) is 19.1 Å². The zero-order valence-electron chi connectivity index (χ0n) is 7.59. The van der Waals surface area contributed by atoms with Crippen LogP contribution in [0.1, 0.15) is 12.0 Å². The Kier molecular flexibility index (Phi) is 3.71. The van der Waals surface area contributed by atoms with Gasteiger partial charge in [0.05, 0.1) is 6.61 Å². The second-order valence-corrected chi connectivity index (χ2v) is 2.89. The predicted molar refractivity (Wildman–Crippen MR) is 48.3 cm³/mol. The molecule has 0 atom stereocenters. The van der Waals surface area contributed by atoms with Crippen molar-refractivity contribution in [2.24, 2.45) is 0 Å². The minimum Gasteiger partial charge on any atom is -0.493 e. The van der Waals surface area contributed by atoms with Crippen LogP contribution in [-0.4, -0.2) is 18.3 Å². The SMILES string of the molecule is Cc1cc(F)cc(OCCCO)c1. The average molecular weight is 184 g/mol. The van der Waals surface area contributed by atoms with Gasteiger partial charge in [-0.15, -0.1) is 0 Å². The lowest BCUT2D eigenvalue weighted by Crippen LogP contribution is -2.00. The van der Waals surface area contributed by atoms with E-state index in [0.717, 1.165) is 5.56 Å². The molecule has 72 valence electrons. The molecule has 3 heteroatoms. The second-order valence-electron chi connectivity index (χ2n) is 2.89. The van der Waals surface area contributed by atoms with E-state index in [1.54, 1.807) is 6.07 Å². The van der Waals surface area contributed by atoms with E-state index in [2.05, 4.69) is 0 Å². The first-order chi connectivity index (χ1) is 6.22. The molecular formula is C10H13FO2. The highest BCUT2D eigenvalue weighted by Crippen LogP contribution is 2.15. The van der Waals surface area contributed by atoms with E-state index in [1.165, 1.54) is 12.1 Å². The molecule has 0 aromatic heterocycles. The van der Waals surface area contributed by atoms with E-state index in [9.17, 15) is 4.39 Å². The molecule has 0 fully saturated rings. The molecule has 1 N–H and O–H groups in total. The van der Waals surface area contributed by atoms with E-state index in [4.69, 9.17) is 9.84 Å². The summed E-state index contributed by atoms with van der Waals surface area (Å²) in [5, 5.41) is 8.50. The van der Waals surface area contributed by atoms with Crippen molar-refractivity contribution >= 4 is 0 Å². The Balaban J connectivity index is 2.56. The fraction of sp³-hybridized carbons (Fsp3) is 0.400. The number of halogens is 1. The number of aliphatic hydroxyl groups is 1. The molecule has 0 aliphatic rings. The number of hydrogen-bond acceptors (Lipinski definition) is 2. The minimum atomic E-state index is -0.293. The van der Waals surface area contributed by atoms with Gasteiger partial charge in [0.2, 0.25) is 0 Å². The monoisotopic (exact) mass is 184 g/mol. The molecule has 13 heavy (non-hydrogen) atoms. The Morgan fingerprint density at radius 1 is 1.38 bits per heavy atom. The fourth-order valence-corrected chi connectivity index (χ4v) is 1.04. The van der Waals surface area contributed by atoms with Crippen LogP contribution in [0.5, 0.6) is 5.75 Å². The predicted octanol–water partition coefficient (Wildman–Crippen LogP) is 1.90. The van der Waals surface area contributed by atoms with E-state index >= 15 is 0 Å². The number of aryl methyl sites for hydroxylation is 1. The standard InChI is InChI=1S/C10H13FO2/c1-8-5-9(11)7-10(6-8)13-4-2-3-12/h5-7,12H,2-4H2,1H3. The summed E-state index contributed by atoms with van der Waals surface area (Å²) in [6.07, 6.45) is 0.565. The second kappa shape index (κ2) is 4.82. The Hall–Kier alpha value is -1.09. The van der Waals surface area contributed by atoms with Gasteiger partial charge in [0.25, 0.3) is 0 Å². The smallest absolute Gasteiger partial charge is 0.127 e. The van der Waals surface area contributed by atoms with Gasteiger partial charge in [0.1, 0.15) is 11.6 Å². The number of ether oxygens (including phenoxy) is 1. The van der Waals surface area contributed by atoms with E-state index in [-0.39, 0.29) is 12.4 Å². The average Bonchev–Trinajstić information content (AvgIpc) is 2.03. The van der Waals surface area contributed by atoms with E-state index in [0.29, 0.717) is 18.8 Å². The highest BCUT2D eigenvalue weighted by atomic mass is 19.1. The van der Waals surface area contributed by atoms with Crippen LogP contribution in [0.4, 0.5) is 4.39 Å². The number of benzene rings is 1. The van der Waals surface area contributed by atoms with Crippen LogP contribution in [0, 0.1) is 12.7 Å². The lowest BCUT2D eigenvalue weighted by molar-refractivity contribution is 0.233. The first-order valence-electron chi connectivity index (χ1n) is 4.23. The summed E-state index contributed by atoms with van der Waals surface area (Å²) in [5.74, 6) is 0.227. The largest absolute Gasteiger partial charge is 0.493 e. The van der Waals surface area contributed by atoms with Crippen LogP contribution in [-0.2, 0) is 0 Å². The third-order valence-corrected chi connectivity index (χ3v) is 1.59. The Bertz CT molecular complexity index is 253. The van der Waals surface area contributed by atoms with Crippen LogP contribution in [0.2, 0.25) is 0 Å². The van der Waals surface area contributed by atoms with Gasteiger partial charge in [-0.1, -0.05) is 0 Å². The molecule has 0 saturated carbocycles. The maximum atomic E-state index is 12.8. The van der Waals surface area contributed by atoms with Crippen LogP contribution in [0.3, 0.4) is 0 Å². The molecule has 0 saturated heterocycles. The van der Waals surface area contributed by atoms with Crippen molar-refractivity contribution in [2.45, 2.75) is 13.3 Å². The van der Waals surface area contributed by atoms with Crippen LogP contribution in [0.25, 0.3) is 0 Å². The molecule has 0 heterocycles. The van der Waals surface area contributed by atoms with Crippen molar-refractivity contribution in [2.75, 3.05) is 13.2 Å². The van der Waals surface area contributed by atoms with Crippen LogP contribution < -0.4 is 4.74 Å². The normalized spacial score (nSPS) is 10.1. The van der Waals surface area contributed by atoms with Gasteiger partial charge < -0.3 is 9.84 Å². The Morgan fingerprint density at radius 2 is 2.15 bits per heavy atom. The highest BCUT2D eigenvalue weighted by Gasteiger charge is 1.98. The molecule has 0 spiro atoms. The number of hydrogen-bond donors (Lipinski definition) is 1. The zero-order valence-corrected chi connectivity index (χ0v) is 7.59. The quantitative estimate of drug-likeness (QED) is 0.724. The third kappa shape index (κ3) is 3.42. The van der Waals surface area contributed by atoms with Crippen LogP contribution >= 0.6 is 0 Å². The van der Waals surface area contributed by atoms with Gasteiger partial charge in [-0.25, -0.2) is 4.39 Å². The molecular weight excluding hydrogens is 171 g/mol. The summed E-state index contributed by atoms with van der Waals surface area (Å²) >= 11 is 0. The maximum absolute atomic E-state index is 12.8. The van der Waals surface area contributed by atoms with Crippen molar-refractivity contribution < 1.29 is 14.2 Å². The summed E-state index contributed by atoms with van der Waals surface area (Å²) in [4.78, 5) is 0. The molecule has 0 aliphatic heterocycles. The van der Waals surface area contributed by atoms with Crippen molar-refractivity contribution in [3.05, 3.63) is 29.6 Å². The third-order valence-electron chi connectivity index (χ3n) is 1.59. The summed E-state index contributed by atoms with van der Waals surface area (Å²) in [6.45, 7) is 2.32. The molecule has 2 nitrogen and oxygen atoms in total. The molecule has 0 unspecified atom stereocenters. The van der Waals surface area contributed by atoms with E-state index in [1.807, 2.05) is 6.92 Å². The van der Waals surface area contributed by atoms with E-state index < -0.39 is 0 Å². The van der Waals surface area contributed by atoms with Gasteiger partial charge in [0.15, 0.2) is 0 Å². The van der Waals surface area contributed by atoms with Gasteiger partial charge >= 0.3 is 0 Å². The summed E-state index contributed by atoms with van der Waals surface area (Å²) in [5.41, 5.74) is 0.832. The molecule has 0 radical (unpaired) electrons. The summed E-state index contributed by atoms with van der Waals surface area (Å²) in [7, 11) is 0. The molecule has 1 aromatic carbocycles. The molecule has 0 amide bonds. The maximum Gasteiger partial charge on any atom is 0.127 e. The lowest BCUT2D eigenvalue weighted by atomic mass is 10.2. The topological polar surface area (TPSA) is 29.5 Å².